The first-order chi connectivity index (χ1) is 6.49. The molecule has 0 rings (SSSR count). The van der Waals surface area contributed by atoms with Gasteiger partial charge in [0.1, 0.15) is 17.1 Å². The largest absolute Gasteiger partial charge is 0.480 e. The molecule has 0 saturated carbocycles. The van der Waals surface area contributed by atoms with E-state index in [9.17, 15) is 9.59 Å². The highest BCUT2D eigenvalue weighted by Crippen LogP contribution is 2.18. The maximum Gasteiger partial charge on any atom is 0.319 e. The van der Waals surface area contributed by atoms with Crippen LogP contribution in [0, 0.1) is 0 Å². The Morgan fingerprint density at radius 2 is 2.07 bits per heavy atom. The Labute approximate surface area is 87.3 Å². The van der Waals surface area contributed by atoms with Gasteiger partial charge < -0.3 is 9.84 Å². The van der Waals surface area contributed by atoms with Crippen LogP contribution in [-0.2, 0) is 14.3 Å². The minimum absolute atomic E-state index is 0.158. The SMILES string of the molecule is C=CCOC(=O)C(C)SC(C)C(=O)O. The molecule has 0 aliphatic heterocycles. The third kappa shape index (κ3) is 4.91. The molecule has 2 unspecified atom stereocenters. The summed E-state index contributed by atoms with van der Waals surface area (Å²) >= 11 is 1.06. The zero-order valence-electron chi connectivity index (χ0n) is 8.23. The average Bonchev–Trinajstić information content (AvgIpc) is 2.13. The highest BCUT2D eigenvalue weighted by Gasteiger charge is 2.21. The molecule has 0 aromatic carbocycles. The van der Waals surface area contributed by atoms with E-state index in [1.54, 1.807) is 6.92 Å². The third-order valence-corrected chi connectivity index (χ3v) is 2.64. The first kappa shape index (κ1) is 13.0. The van der Waals surface area contributed by atoms with E-state index in [0.29, 0.717) is 0 Å². The van der Waals surface area contributed by atoms with Gasteiger partial charge in [0.15, 0.2) is 0 Å². The first-order valence-corrected chi connectivity index (χ1v) is 5.09. The molecule has 5 heteroatoms. The van der Waals surface area contributed by atoms with Crippen molar-refractivity contribution in [2.24, 2.45) is 0 Å². The van der Waals surface area contributed by atoms with Crippen LogP contribution >= 0.6 is 11.8 Å². The summed E-state index contributed by atoms with van der Waals surface area (Å²) in [7, 11) is 0. The smallest absolute Gasteiger partial charge is 0.319 e. The highest BCUT2D eigenvalue weighted by molar-refractivity contribution is 8.01. The maximum atomic E-state index is 11.2. The number of hydrogen-bond acceptors (Lipinski definition) is 4. The standard InChI is InChI=1S/C9H14O4S/c1-4-5-13-9(12)7(3)14-6(2)8(10)11/h4,6-7H,1,5H2,2-3H3,(H,10,11). The monoisotopic (exact) mass is 218 g/mol. The normalized spacial score (nSPS) is 14.1. The van der Waals surface area contributed by atoms with Crippen LogP contribution < -0.4 is 0 Å². The Morgan fingerprint density at radius 3 is 2.50 bits per heavy atom. The number of carbonyl (C=O) groups is 2. The third-order valence-electron chi connectivity index (χ3n) is 1.43. The van der Waals surface area contributed by atoms with Crippen molar-refractivity contribution in [3.8, 4) is 0 Å². The van der Waals surface area contributed by atoms with E-state index in [4.69, 9.17) is 9.84 Å². The lowest BCUT2D eigenvalue weighted by atomic mass is 10.5. The van der Waals surface area contributed by atoms with Gasteiger partial charge in [-0.05, 0) is 13.8 Å². The molecule has 1 N–H and O–H groups in total. The van der Waals surface area contributed by atoms with Crippen molar-refractivity contribution in [3.05, 3.63) is 12.7 Å². The van der Waals surface area contributed by atoms with Gasteiger partial charge in [-0.1, -0.05) is 12.7 Å². The van der Waals surface area contributed by atoms with Gasteiger partial charge >= 0.3 is 11.9 Å². The molecule has 4 nitrogen and oxygen atoms in total. The molecule has 0 aliphatic rings. The summed E-state index contributed by atoms with van der Waals surface area (Å²) in [5, 5.41) is 7.52. The second-order valence-corrected chi connectivity index (χ2v) is 4.36. The predicted octanol–water partition coefficient (Wildman–Crippen LogP) is 1.31. The molecule has 0 radical (unpaired) electrons. The number of carboxylic acids is 1. The highest BCUT2D eigenvalue weighted by atomic mass is 32.2. The van der Waals surface area contributed by atoms with Gasteiger partial charge in [-0.15, -0.1) is 11.8 Å². The number of aliphatic carboxylic acids is 1. The number of esters is 1. The molecule has 0 bridgehead atoms. The molecule has 0 aliphatic carbocycles. The number of carboxylic acid groups (broad SMARTS) is 1. The van der Waals surface area contributed by atoms with Crippen LogP contribution in [0.15, 0.2) is 12.7 Å². The van der Waals surface area contributed by atoms with Crippen LogP contribution in [0.1, 0.15) is 13.8 Å². The topological polar surface area (TPSA) is 63.6 Å². The van der Waals surface area contributed by atoms with Crippen molar-refractivity contribution in [3.63, 3.8) is 0 Å². The summed E-state index contributed by atoms with van der Waals surface area (Å²) in [6.45, 7) is 6.71. The van der Waals surface area contributed by atoms with Crippen LogP contribution in [0.25, 0.3) is 0 Å². The van der Waals surface area contributed by atoms with Gasteiger partial charge in [0.25, 0.3) is 0 Å². The summed E-state index contributed by atoms with van der Waals surface area (Å²) in [5.41, 5.74) is 0. The second-order valence-electron chi connectivity index (χ2n) is 2.68. The lowest BCUT2D eigenvalue weighted by Crippen LogP contribution is -2.22. The molecular weight excluding hydrogens is 204 g/mol. The van der Waals surface area contributed by atoms with Gasteiger partial charge in [-0.3, -0.25) is 9.59 Å². The van der Waals surface area contributed by atoms with Gasteiger partial charge in [-0.2, -0.15) is 0 Å². The lowest BCUT2D eigenvalue weighted by molar-refractivity contribution is -0.141. The molecule has 2 atom stereocenters. The van der Waals surface area contributed by atoms with Gasteiger partial charge in [0, 0.05) is 0 Å². The fourth-order valence-electron chi connectivity index (χ4n) is 0.678. The molecule has 0 saturated heterocycles. The minimum Gasteiger partial charge on any atom is -0.480 e. The van der Waals surface area contributed by atoms with Crippen molar-refractivity contribution in [1.29, 1.82) is 0 Å². The average molecular weight is 218 g/mol. The molecule has 0 aromatic heterocycles. The van der Waals surface area contributed by atoms with Crippen LogP contribution in [0.4, 0.5) is 0 Å². The zero-order valence-corrected chi connectivity index (χ0v) is 9.04. The summed E-state index contributed by atoms with van der Waals surface area (Å²) in [6, 6.07) is 0. The van der Waals surface area contributed by atoms with Crippen molar-refractivity contribution < 1.29 is 19.4 Å². The van der Waals surface area contributed by atoms with Crippen LogP contribution in [0.3, 0.4) is 0 Å². The molecule has 0 spiro atoms. The van der Waals surface area contributed by atoms with Gasteiger partial charge in [0.2, 0.25) is 0 Å². The Bertz CT molecular complexity index is 227. The van der Waals surface area contributed by atoms with Crippen LogP contribution in [0.5, 0.6) is 0 Å². The fraction of sp³-hybridized carbons (Fsp3) is 0.556. The Kier molecular flexibility index (Phi) is 6.03. The molecule has 0 fully saturated rings. The lowest BCUT2D eigenvalue weighted by Gasteiger charge is -2.12. The number of carbonyl (C=O) groups excluding carboxylic acids is 1. The molecule has 0 aromatic rings. The van der Waals surface area contributed by atoms with E-state index in [-0.39, 0.29) is 6.61 Å². The predicted molar refractivity (Wildman–Crippen MR) is 55.3 cm³/mol. The van der Waals surface area contributed by atoms with Gasteiger partial charge in [-0.25, -0.2) is 0 Å². The number of hydrogen-bond donors (Lipinski definition) is 1. The summed E-state index contributed by atoms with van der Waals surface area (Å²) in [4.78, 5) is 21.7. The van der Waals surface area contributed by atoms with Crippen molar-refractivity contribution >= 4 is 23.7 Å². The van der Waals surface area contributed by atoms with E-state index in [2.05, 4.69) is 6.58 Å². The van der Waals surface area contributed by atoms with E-state index in [0.717, 1.165) is 11.8 Å². The molecule has 14 heavy (non-hydrogen) atoms. The fourth-order valence-corrected chi connectivity index (χ4v) is 1.59. The number of thioether (sulfide) groups is 1. The van der Waals surface area contributed by atoms with E-state index in [1.807, 2.05) is 0 Å². The number of ether oxygens (including phenoxy) is 1. The molecule has 0 amide bonds. The van der Waals surface area contributed by atoms with Crippen molar-refractivity contribution in [1.82, 2.24) is 0 Å². The zero-order chi connectivity index (χ0) is 11.1. The summed E-state index contributed by atoms with van der Waals surface area (Å²) < 4.78 is 4.76. The number of rotatable bonds is 6. The maximum absolute atomic E-state index is 11.2. The van der Waals surface area contributed by atoms with E-state index >= 15 is 0 Å². The molecule has 80 valence electrons. The van der Waals surface area contributed by atoms with E-state index < -0.39 is 22.4 Å². The first-order valence-electron chi connectivity index (χ1n) is 4.14. The van der Waals surface area contributed by atoms with Crippen LogP contribution in [-0.4, -0.2) is 34.2 Å². The minimum atomic E-state index is -0.932. The van der Waals surface area contributed by atoms with E-state index in [1.165, 1.54) is 13.0 Å². The van der Waals surface area contributed by atoms with Crippen LogP contribution in [0.2, 0.25) is 0 Å². The second kappa shape index (κ2) is 6.48. The molecular formula is C9H14O4S. The Hall–Kier alpha value is -0.970. The van der Waals surface area contributed by atoms with Crippen molar-refractivity contribution in [2.45, 2.75) is 24.3 Å². The van der Waals surface area contributed by atoms with Gasteiger partial charge in [0.05, 0.1) is 0 Å². The quantitative estimate of drug-likeness (QED) is 0.538. The Balaban J connectivity index is 3.94. The molecule has 0 heterocycles. The summed E-state index contributed by atoms with van der Waals surface area (Å²) in [5.74, 6) is -1.35. The summed E-state index contributed by atoms with van der Waals surface area (Å²) in [6.07, 6.45) is 1.47. The van der Waals surface area contributed by atoms with Crippen molar-refractivity contribution in [2.75, 3.05) is 6.61 Å². The Morgan fingerprint density at radius 1 is 1.50 bits per heavy atom.